The number of ketones is 1. The van der Waals surface area contributed by atoms with Gasteiger partial charge in [-0.15, -0.1) is 0 Å². The first-order valence-corrected chi connectivity index (χ1v) is 7.49. The van der Waals surface area contributed by atoms with Crippen LogP contribution in [-0.4, -0.2) is 30.9 Å². The standard InChI is InChI=1S/C18H15ClO5/c1-11(16(20)12-7-9-15(19)10-8-12)24-18(22)14-5-3-13(4-6-14)17(21)23-2/h3-11H,1-2H3. The molecular weight excluding hydrogens is 332 g/mol. The van der Waals surface area contributed by atoms with Crippen LogP contribution in [0, 0.1) is 0 Å². The Morgan fingerprint density at radius 1 is 0.833 bits per heavy atom. The van der Waals surface area contributed by atoms with Crippen LogP contribution in [0.2, 0.25) is 5.02 Å². The molecule has 0 bridgehead atoms. The number of Topliss-reactive ketones (excluding diaryl/α,β-unsaturated/α-hetero) is 1. The van der Waals surface area contributed by atoms with Crippen molar-refractivity contribution in [3.8, 4) is 0 Å². The summed E-state index contributed by atoms with van der Waals surface area (Å²) in [5, 5.41) is 0.516. The van der Waals surface area contributed by atoms with E-state index in [1.807, 2.05) is 0 Å². The highest BCUT2D eigenvalue weighted by atomic mass is 35.5. The van der Waals surface area contributed by atoms with E-state index in [0.717, 1.165) is 0 Å². The van der Waals surface area contributed by atoms with Crippen molar-refractivity contribution in [2.24, 2.45) is 0 Å². The summed E-state index contributed by atoms with van der Waals surface area (Å²) in [6, 6.07) is 12.1. The predicted molar refractivity (Wildman–Crippen MR) is 88.4 cm³/mol. The van der Waals surface area contributed by atoms with Gasteiger partial charge in [0.05, 0.1) is 18.2 Å². The Bertz CT molecular complexity index is 750. The highest BCUT2D eigenvalue weighted by Gasteiger charge is 2.20. The number of rotatable bonds is 5. The highest BCUT2D eigenvalue weighted by molar-refractivity contribution is 6.30. The lowest BCUT2D eigenvalue weighted by molar-refractivity contribution is 0.0318. The van der Waals surface area contributed by atoms with Crippen molar-refractivity contribution in [3.05, 3.63) is 70.2 Å². The largest absolute Gasteiger partial charge is 0.465 e. The maximum Gasteiger partial charge on any atom is 0.338 e. The van der Waals surface area contributed by atoms with Gasteiger partial charge in [-0.25, -0.2) is 9.59 Å². The molecule has 0 aromatic heterocycles. The average molecular weight is 347 g/mol. The number of carbonyl (C=O) groups is 3. The summed E-state index contributed by atoms with van der Waals surface area (Å²) >= 11 is 5.78. The predicted octanol–water partition coefficient (Wildman–Crippen LogP) is 3.55. The van der Waals surface area contributed by atoms with E-state index in [-0.39, 0.29) is 11.3 Å². The Morgan fingerprint density at radius 2 is 1.29 bits per heavy atom. The molecule has 0 saturated heterocycles. The molecule has 1 atom stereocenters. The molecule has 24 heavy (non-hydrogen) atoms. The Morgan fingerprint density at radius 3 is 1.79 bits per heavy atom. The molecule has 0 radical (unpaired) electrons. The zero-order chi connectivity index (χ0) is 17.7. The minimum Gasteiger partial charge on any atom is -0.465 e. The third-order valence-corrected chi connectivity index (χ3v) is 3.58. The monoisotopic (exact) mass is 346 g/mol. The molecule has 0 heterocycles. The summed E-state index contributed by atoms with van der Waals surface area (Å²) < 4.78 is 9.75. The molecule has 2 aromatic carbocycles. The first-order valence-electron chi connectivity index (χ1n) is 7.11. The molecule has 0 spiro atoms. The summed E-state index contributed by atoms with van der Waals surface area (Å²) in [7, 11) is 1.27. The van der Waals surface area contributed by atoms with Gasteiger partial charge in [-0.2, -0.15) is 0 Å². The van der Waals surface area contributed by atoms with Gasteiger partial charge in [0.1, 0.15) is 0 Å². The molecule has 5 nitrogen and oxygen atoms in total. The van der Waals surface area contributed by atoms with Crippen molar-refractivity contribution in [1.82, 2.24) is 0 Å². The van der Waals surface area contributed by atoms with Crippen LogP contribution in [0.1, 0.15) is 38.0 Å². The van der Waals surface area contributed by atoms with E-state index in [0.29, 0.717) is 16.1 Å². The Labute approximate surface area is 144 Å². The number of hydrogen-bond donors (Lipinski definition) is 0. The summed E-state index contributed by atoms with van der Waals surface area (Å²) in [5.74, 6) is -1.48. The Kier molecular flexibility index (Phi) is 5.71. The molecule has 2 rings (SSSR count). The maximum absolute atomic E-state index is 12.2. The molecule has 0 fully saturated rings. The average Bonchev–Trinajstić information content (AvgIpc) is 2.61. The summed E-state index contributed by atoms with van der Waals surface area (Å²) in [6.07, 6.45) is -0.945. The zero-order valence-corrected chi connectivity index (χ0v) is 13.9. The molecule has 6 heteroatoms. The van der Waals surface area contributed by atoms with Crippen molar-refractivity contribution in [2.45, 2.75) is 13.0 Å². The van der Waals surface area contributed by atoms with Crippen molar-refractivity contribution in [3.63, 3.8) is 0 Å². The van der Waals surface area contributed by atoms with Gasteiger partial charge in [-0.05, 0) is 55.5 Å². The van der Waals surface area contributed by atoms with Crippen LogP contribution in [0.25, 0.3) is 0 Å². The van der Waals surface area contributed by atoms with Crippen molar-refractivity contribution in [2.75, 3.05) is 7.11 Å². The van der Waals surface area contributed by atoms with Gasteiger partial charge in [0, 0.05) is 10.6 Å². The van der Waals surface area contributed by atoms with E-state index in [9.17, 15) is 14.4 Å². The third kappa shape index (κ3) is 4.20. The first-order chi connectivity index (χ1) is 11.4. The molecule has 0 amide bonds. The van der Waals surface area contributed by atoms with Crippen LogP contribution < -0.4 is 0 Å². The first kappa shape index (κ1) is 17.7. The zero-order valence-electron chi connectivity index (χ0n) is 13.1. The van der Waals surface area contributed by atoms with Crippen LogP contribution >= 0.6 is 11.6 Å². The molecule has 0 saturated carbocycles. The molecule has 0 aliphatic carbocycles. The molecule has 2 aromatic rings. The second-order valence-electron chi connectivity index (χ2n) is 4.99. The lowest BCUT2D eigenvalue weighted by Crippen LogP contribution is -2.24. The van der Waals surface area contributed by atoms with E-state index in [2.05, 4.69) is 4.74 Å². The van der Waals surface area contributed by atoms with Crippen LogP contribution in [0.3, 0.4) is 0 Å². The second kappa shape index (κ2) is 7.75. The highest BCUT2D eigenvalue weighted by Crippen LogP contribution is 2.14. The number of esters is 2. The van der Waals surface area contributed by atoms with Crippen LogP contribution in [-0.2, 0) is 9.47 Å². The van der Waals surface area contributed by atoms with Crippen molar-refractivity contribution >= 4 is 29.3 Å². The number of carbonyl (C=O) groups excluding carboxylic acids is 3. The van der Waals surface area contributed by atoms with E-state index in [4.69, 9.17) is 16.3 Å². The van der Waals surface area contributed by atoms with E-state index < -0.39 is 18.0 Å². The fraction of sp³-hybridized carbons (Fsp3) is 0.167. The van der Waals surface area contributed by atoms with E-state index in [1.54, 1.807) is 24.3 Å². The normalized spacial score (nSPS) is 11.5. The molecule has 0 N–H and O–H groups in total. The quantitative estimate of drug-likeness (QED) is 0.611. The van der Waals surface area contributed by atoms with Gasteiger partial charge < -0.3 is 9.47 Å². The minimum absolute atomic E-state index is 0.235. The Hall–Kier alpha value is -2.66. The SMILES string of the molecule is COC(=O)c1ccc(C(=O)OC(C)C(=O)c2ccc(Cl)cc2)cc1. The fourth-order valence-corrected chi connectivity index (χ4v) is 2.12. The van der Waals surface area contributed by atoms with Gasteiger partial charge in [0.25, 0.3) is 0 Å². The lowest BCUT2D eigenvalue weighted by atomic mass is 10.1. The molecule has 0 aliphatic rings. The van der Waals surface area contributed by atoms with Gasteiger partial charge in [0.15, 0.2) is 6.10 Å². The second-order valence-corrected chi connectivity index (χ2v) is 5.42. The number of hydrogen-bond acceptors (Lipinski definition) is 5. The fourth-order valence-electron chi connectivity index (χ4n) is 1.99. The van der Waals surface area contributed by atoms with E-state index >= 15 is 0 Å². The lowest BCUT2D eigenvalue weighted by Gasteiger charge is -2.12. The van der Waals surface area contributed by atoms with Gasteiger partial charge in [-0.1, -0.05) is 11.6 Å². The maximum atomic E-state index is 12.2. The summed E-state index contributed by atoms with van der Waals surface area (Å²) in [5.41, 5.74) is 0.957. The van der Waals surface area contributed by atoms with Crippen LogP contribution in [0.5, 0.6) is 0 Å². The molecule has 1 unspecified atom stereocenters. The number of benzene rings is 2. The minimum atomic E-state index is -0.945. The number of ether oxygens (including phenoxy) is 2. The van der Waals surface area contributed by atoms with Gasteiger partial charge >= 0.3 is 11.9 Å². The van der Waals surface area contributed by atoms with Crippen LogP contribution in [0.15, 0.2) is 48.5 Å². The molecule has 0 aliphatic heterocycles. The smallest absolute Gasteiger partial charge is 0.338 e. The number of halogens is 1. The van der Waals surface area contributed by atoms with Gasteiger partial charge in [-0.3, -0.25) is 4.79 Å². The number of methoxy groups -OCH3 is 1. The molecular formula is C18H15ClO5. The van der Waals surface area contributed by atoms with Crippen LogP contribution in [0.4, 0.5) is 0 Å². The van der Waals surface area contributed by atoms with Crippen molar-refractivity contribution < 1.29 is 23.9 Å². The van der Waals surface area contributed by atoms with E-state index in [1.165, 1.54) is 38.3 Å². The Balaban J connectivity index is 2.04. The summed E-state index contributed by atoms with van der Waals surface area (Å²) in [4.78, 5) is 35.7. The van der Waals surface area contributed by atoms with Gasteiger partial charge in [0.2, 0.25) is 5.78 Å². The van der Waals surface area contributed by atoms with Crippen molar-refractivity contribution in [1.29, 1.82) is 0 Å². The molecule has 124 valence electrons. The topological polar surface area (TPSA) is 69.7 Å². The third-order valence-electron chi connectivity index (χ3n) is 3.32. The summed E-state index contributed by atoms with van der Waals surface area (Å²) in [6.45, 7) is 1.50.